The number of hydrogen-bond acceptors (Lipinski definition) is 7. The number of aromatic nitrogens is 2. The average molecular weight is 389 g/mol. The van der Waals surface area contributed by atoms with Crippen LogP contribution in [0.15, 0.2) is 30.3 Å². The molecule has 1 aromatic carbocycles. The van der Waals surface area contributed by atoms with Crippen molar-refractivity contribution in [2.24, 2.45) is 0 Å². The van der Waals surface area contributed by atoms with Crippen LogP contribution in [0.5, 0.6) is 0 Å². The topological polar surface area (TPSA) is 98.7 Å². The van der Waals surface area contributed by atoms with Crippen molar-refractivity contribution in [3.05, 3.63) is 30.3 Å². The van der Waals surface area contributed by atoms with E-state index >= 15 is 0 Å². The molecule has 1 amide bonds. The number of likely N-dealkylation sites (N-methyl/N-ethyl adjacent to an activating group) is 1. The first-order valence-corrected chi connectivity index (χ1v) is 9.66. The maximum atomic E-state index is 12.6. The highest BCUT2D eigenvalue weighted by Crippen LogP contribution is 2.28. The van der Waals surface area contributed by atoms with E-state index < -0.39 is 11.8 Å². The first-order chi connectivity index (χ1) is 13.0. The van der Waals surface area contributed by atoms with Crippen molar-refractivity contribution in [2.45, 2.75) is 25.9 Å². The summed E-state index contributed by atoms with van der Waals surface area (Å²) in [6.45, 7) is 4.85. The minimum Gasteiger partial charge on any atom is -0.465 e. The van der Waals surface area contributed by atoms with Gasteiger partial charge in [-0.15, -0.1) is 0 Å². The molecule has 1 aliphatic rings. The van der Waals surface area contributed by atoms with Gasteiger partial charge in [-0.3, -0.25) is 15.0 Å². The smallest absolute Gasteiger partial charge is 0.409 e. The van der Waals surface area contributed by atoms with Crippen molar-refractivity contribution >= 4 is 28.5 Å². The number of carbonyl (C=O) groups excluding carboxylic acids is 1. The van der Waals surface area contributed by atoms with Gasteiger partial charge in [-0.2, -0.15) is 9.36 Å². The Morgan fingerprint density at radius 3 is 2.67 bits per heavy atom. The summed E-state index contributed by atoms with van der Waals surface area (Å²) in [5.41, 5.74) is -0.373. The maximum Gasteiger partial charge on any atom is 0.409 e. The molecule has 1 aliphatic heterocycles. The van der Waals surface area contributed by atoms with Crippen LogP contribution in [-0.4, -0.2) is 63.1 Å². The van der Waals surface area contributed by atoms with E-state index in [0.717, 1.165) is 5.56 Å². The number of benzene rings is 1. The Morgan fingerprint density at radius 2 is 2.04 bits per heavy atom. The zero-order chi connectivity index (χ0) is 19.4. The Hall–Kier alpha value is -2.52. The van der Waals surface area contributed by atoms with E-state index in [9.17, 15) is 14.7 Å². The summed E-state index contributed by atoms with van der Waals surface area (Å²) in [4.78, 5) is 32.2. The van der Waals surface area contributed by atoms with E-state index in [4.69, 9.17) is 0 Å². The summed E-state index contributed by atoms with van der Waals surface area (Å²) in [5.74, 6) is 0.401. The highest BCUT2D eigenvalue weighted by molar-refractivity contribution is 7.09. The van der Waals surface area contributed by atoms with Gasteiger partial charge in [0.25, 0.3) is 0 Å². The number of nitrogens with zero attached hydrogens (tertiary/aromatic N) is 4. The lowest BCUT2D eigenvalue weighted by molar-refractivity contribution is -0.129. The lowest BCUT2D eigenvalue weighted by atomic mass is 10.0. The molecule has 1 fully saturated rings. The number of carboxylic acid groups (broad SMARTS) is 1. The van der Waals surface area contributed by atoms with Crippen LogP contribution in [0.2, 0.25) is 0 Å². The third-order valence-corrected chi connectivity index (χ3v) is 5.47. The van der Waals surface area contributed by atoms with Crippen molar-refractivity contribution in [3.63, 3.8) is 0 Å². The van der Waals surface area contributed by atoms with E-state index in [1.807, 2.05) is 42.2 Å². The Balaban J connectivity index is 1.94. The zero-order valence-electron chi connectivity index (χ0n) is 15.4. The standard InChI is InChI=1S/C18H23N5O3S/c1-3-19-18(13(2)24)12-22(10-7-11-23(18)17(25)26)16-20-15(21-27-16)14-8-5-4-6-9-14/h4-6,8-9,19H,3,7,10-12H2,1-2H3,(H,25,26). The average Bonchev–Trinajstić information content (AvgIpc) is 3.05. The van der Waals surface area contributed by atoms with Crippen LogP contribution in [0.3, 0.4) is 0 Å². The monoisotopic (exact) mass is 389 g/mol. The zero-order valence-corrected chi connectivity index (χ0v) is 16.2. The Labute approximate surface area is 162 Å². The molecular weight excluding hydrogens is 366 g/mol. The molecule has 1 saturated heterocycles. The summed E-state index contributed by atoms with van der Waals surface area (Å²) >= 11 is 1.26. The van der Waals surface area contributed by atoms with Crippen molar-refractivity contribution in [2.75, 3.05) is 31.1 Å². The highest BCUT2D eigenvalue weighted by Gasteiger charge is 2.47. The summed E-state index contributed by atoms with van der Waals surface area (Å²) in [6.07, 6.45) is -0.497. The molecule has 27 heavy (non-hydrogen) atoms. The second-order valence-corrected chi connectivity index (χ2v) is 7.15. The van der Waals surface area contributed by atoms with Gasteiger partial charge >= 0.3 is 6.09 Å². The largest absolute Gasteiger partial charge is 0.465 e. The molecule has 144 valence electrons. The van der Waals surface area contributed by atoms with Gasteiger partial charge in [0.05, 0.1) is 6.54 Å². The molecule has 0 bridgehead atoms. The fourth-order valence-electron chi connectivity index (χ4n) is 3.39. The van der Waals surface area contributed by atoms with E-state index in [2.05, 4.69) is 14.7 Å². The lowest BCUT2D eigenvalue weighted by Crippen LogP contribution is -2.68. The summed E-state index contributed by atoms with van der Waals surface area (Å²) in [5, 5.41) is 13.5. The summed E-state index contributed by atoms with van der Waals surface area (Å²) in [7, 11) is 0. The molecule has 0 saturated carbocycles. The number of Topliss-reactive ketones (excluding diaryl/α,β-unsaturated/α-hetero) is 1. The SMILES string of the molecule is CCNC1(C(C)=O)CN(c2nc(-c3ccccc3)ns2)CCCN1C(=O)O. The van der Waals surface area contributed by atoms with Crippen molar-refractivity contribution < 1.29 is 14.7 Å². The second-order valence-electron chi connectivity index (χ2n) is 6.42. The fourth-order valence-corrected chi connectivity index (χ4v) is 4.10. The van der Waals surface area contributed by atoms with E-state index in [-0.39, 0.29) is 18.9 Å². The van der Waals surface area contributed by atoms with Crippen molar-refractivity contribution in [1.29, 1.82) is 0 Å². The normalized spacial score (nSPS) is 20.4. The molecule has 1 atom stereocenters. The minimum atomic E-state index is -1.30. The Bertz CT molecular complexity index is 812. The van der Waals surface area contributed by atoms with E-state index in [0.29, 0.717) is 30.5 Å². The van der Waals surface area contributed by atoms with Crippen LogP contribution in [0.1, 0.15) is 20.3 Å². The molecule has 2 heterocycles. The molecule has 0 aliphatic carbocycles. The number of amides is 1. The number of anilines is 1. The van der Waals surface area contributed by atoms with Crippen LogP contribution in [0.25, 0.3) is 11.4 Å². The quantitative estimate of drug-likeness (QED) is 0.809. The van der Waals surface area contributed by atoms with Gasteiger partial charge in [-0.25, -0.2) is 4.79 Å². The van der Waals surface area contributed by atoms with Crippen molar-refractivity contribution in [1.82, 2.24) is 19.6 Å². The number of nitrogens with one attached hydrogen (secondary N) is 1. The molecular formula is C18H23N5O3S. The molecule has 1 unspecified atom stereocenters. The Kier molecular flexibility index (Phi) is 5.71. The molecule has 2 aromatic rings. The van der Waals surface area contributed by atoms with Gasteiger partial charge in [-0.1, -0.05) is 37.3 Å². The molecule has 0 radical (unpaired) electrons. The predicted octanol–water partition coefficient (Wildman–Crippen LogP) is 2.29. The predicted molar refractivity (Wildman–Crippen MR) is 104 cm³/mol. The van der Waals surface area contributed by atoms with E-state index in [1.165, 1.54) is 23.4 Å². The molecule has 0 spiro atoms. The van der Waals surface area contributed by atoms with Gasteiger partial charge in [0.2, 0.25) is 5.13 Å². The molecule has 1 aromatic heterocycles. The molecule has 8 nitrogen and oxygen atoms in total. The van der Waals surface area contributed by atoms with Crippen LogP contribution in [0.4, 0.5) is 9.93 Å². The first-order valence-electron chi connectivity index (χ1n) is 8.88. The van der Waals surface area contributed by atoms with Gasteiger partial charge in [0.15, 0.2) is 17.3 Å². The molecule has 3 rings (SSSR count). The van der Waals surface area contributed by atoms with Crippen LogP contribution >= 0.6 is 11.5 Å². The fraction of sp³-hybridized carbons (Fsp3) is 0.444. The van der Waals surface area contributed by atoms with Gasteiger partial charge in [0.1, 0.15) is 0 Å². The maximum absolute atomic E-state index is 12.6. The number of carbonyl (C=O) groups is 2. The molecule has 2 N–H and O–H groups in total. The number of hydrogen-bond donors (Lipinski definition) is 2. The Morgan fingerprint density at radius 1 is 1.30 bits per heavy atom. The van der Waals surface area contributed by atoms with Crippen LogP contribution in [0, 0.1) is 0 Å². The van der Waals surface area contributed by atoms with Gasteiger partial charge in [0, 0.05) is 30.2 Å². The minimum absolute atomic E-state index is 0.200. The van der Waals surface area contributed by atoms with Gasteiger partial charge in [-0.05, 0) is 19.9 Å². The van der Waals surface area contributed by atoms with Crippen LogP contribution < -0.4 is 10.2 Å². The number of rotatable bonds is 5. The van der Waals surface area contributed by atoms with Gasteiger partial charge < -0.3 is 10.0 Å². The van der Waals surface area contributed by atoms with Crippen molar-refractivity contribution in [3.8, 4) is 11.4 Å². The van der Waals surface area contributed by atoms with Crippen LogP contribution in [-0.2, 0) is 4.79 Å². The lowest BCUT2D eigenvalue weighted by Gasteiger charge is -2.41. The highest BCUT2D eigenvalue weighted by atomic mass is 32.1. The third-order valence-electron chi connectivity index (χ3n) is 4.69. The number of ketones is 1. The third kappa shape index (κ3) is 3.79. The second kappa shape index (κ2) is 8.01. The van der Waals surface area contributed by atoms with E-state index in [1.54, 1.807) is 0 Å². The first kappa shape index (κ1) is 19.2. The molecule has 9 heteroatoms. The summed E-state index contributed by atoms with van der Waals surface area (Å²) < 4.78 is 4.44. The summed E-state index contributed by atoms with van der Waals surface area (Å²) in [6, 6.07) is 9.68.